The molecule has 0 aliphatic rings. The van der Waals surface area contributed by atoms with Gasteiger partial charge >= 0.3 is 0 Å². The lowest BCUT2D eigenvalue weighted by Crippen LogP contribution is -2.45. The molecule has 4 aromatic carbocycles. The summed E-state index contributed by atoms with van der Waals surface area (Å²) in [7, 11) is 0. The van der Waals surface area contributed by atoms with E-state index in [1.807, 2.05) is 72.9 Å². The number of para-hydroxylation sites is 1. The highest BCUT2D eigenvalue weighted by Gasteiger charge is 2.24. The van der Waals surface area contributed by atoms with Crippen LogP contribution in [0.2, 0.25) is 5.02 Å². The molecule has 6 heteroatoms. The molecule has 1 heterocycles. The average molecular weight is 468 g/mol. The van der Waals surface area contributed by atoms with Crippen molar-refractivity contribution in [2.24, 2.45) is 0 Å². The summed E-state index contributed by atoms with van der Waals surface area (Å²) in [5.74, 6) is -0.704. The van der Waals surface area contributed by atoms with Crippen molar-refractivity contribution in [3.63, 3.8) is 0 Å². The highest BCUT2D eigenvalue weighted by Crippen LogP contribution is 2.22. The smallest absolute Gasteiger partial charge is 0.253 e. The van der Waals surface area contributed by atoms with E-state index in [4.69, 9.17) is 11.6 Å². The van der Waals surface area contributed by atoms with Gasteiger partial charge in [-0.3, -0.25) is 9.59 Å². The Hall–Kier alpha value is -4.09. The van der Waals surface area contributed by atoms with Crippen molar-refractivity contribution >= 4 is 50.8 Å². The maximum absolute atomic E-state index is 13.4. The van der Waals surface area contributed by atoms with Gasteiger partial charge in [0.15, 0.2) is 0 Å². The van der Waals surface area contributed by atoms with Crippen LogP contribution in [0.15, 0.2) is 97.2 Å². The minimum atomic E-state index is -0.811. The van der Waals surface area contributed by atoms with Crippen LogP contribution in [0.1, 0.15) is 15.9 Å². The van der Waals surface area contributed by atoms with E-state index in [1.54, 1.807) is 24.3 Å². The van der Waals surface area contributed by atoms with Crippen LogP contribution in [-0.4, -0.2) is 22.8 Å². The first-order chi connectivity index (χ1) is 16.6. The third-order valence-corrected chi connectivity index (χ3v) is 6.19. The van der Waals surface area contributed by atoms with Crippen LogP contribution in [0.25, 0.3) is 21.7 Å². The summed E-state index contributed by atoms with van der Waals surface area (Å²) < 4.78 is 0. The lowest BCUT2D eigenvalue weighted by atomic mass is 10.0. The first-order valence-electron chi connectivity index (χ1n) is 11.0. The number of H-pyrrole nitrogens is 1. The van der Waals surface area contributed by atoms with Crippen molar-refractivity contribution in [1.29, 1.82) is 0 Å². The predicted octanol–water partition coefficient (Wildman–Crippen LogP) is 5.95. The van der Waals surface area contributed by atoms with Crippen LogP contribution in [-0.2, 0) is 11.2 Å². The van der Waals surface area contributed by atoms with E-state index in [0.717, 1.165) is 27.2 Å². The Morgan fingerprint density at radius 1 is 0.853 bits per heavy atom. The normalized spacial score (nSPS) is 11.9. The fourth-order valence-corrected chi connectivity index (χ4v) is 4.33. The maximum atomic E-state index is 13.4. The summed E-state index contributed by atoms with van der Waals surface area (Å²) in [4.78, 5) is 29.6. The maximum Gasteiger partial charge on any atom is 0.253 e. The topological polar surface area (TPSA) is 74.0 Å². The Morgan fingerprint density at radius 3 is 2.44 bits per heavy atom. The van der Waals surface area contributed by atoms with Crippen LogP contribution in [0.4, 0.5) is 5.69 Å². The highest BCUT2D eigenvalue weighted by atomic mass is 35.5. The Morgan fingerprint density at radius 2 is 1.59 bits per heavy atom. The quantitative estimate of drug-likeness (QED) is 0.288. The van der Waals surface area contributed by atoms with E-state index >= 15 is 0 Å². The predicted molar refractivity (Wildman–Crippen MR) is 137 cm³/mol. The Labute approximate surface area is 201 Å². The van der Waals surface area contributed by atoms with Gasteiger partial charge in [0, 0.05) is 29.2 Å². The van der Waals surface area contributed by atoms with E-state index in [9.17, 15) is 9.59 Å². The summed E-state index contributed by atoms with van der Waals surface area (Å²) >= 11 is 6.22. The number of halogens is 1. The highest BCUT2D eigenvalue weighted by molar-refractivity contribution is 6.33. The average Bonchev–Trinajstić information content (AvgIpc) is 3.26. The molecule has 0 saturated carbocycles. The van der Waals surface area contributed by atoms with Gasteiger partial charge in [-0.1, -0.05) is 72.3 Å². The number of amides is 2. The molecular weight excluding hydrogens is 446 g/mol. The first kappa shape index (κ1) is 21.7. The van der Waals surface area contributed by atoms with Gasteiger partial charge in [-0.2, -0.15) is 0 Å². The van der Waals surface area contributed by atoms with Crippen molar-refractivity contribution in [3.8, 4) is 0 Å². The number of anilines is 1. The molecule has 34 heavy (non-hydrogen) atoms. The molecule has 168 valence electrons. The number of fused-ring (bicyclic) bond motifs is 2. The monoisotopic (exact) mass is 467 g/mol. The lowest BCUT2D eigenvalue weighted by molar-refractivity contribution is -0.118. The van der Waals surface area contributed by atoms with Crippen molar-refractivity contribution in [1.82, 2.24) is 10.3 Å². The fourth-order valence-electron chi connectivity index (χ4n) is 4.11. The van der Waals surface area contributed by atoms with Gasteiger partial charge in [-0.25, -0.2) is 0 Å². The van der Waals surface area contributed by atoms with E-state index < -0.39 is 11.9 Å². The number of aromatic amines is 1. The summed E-state index contributed by atoms with van der Waals surface area (Å²) in [6.45, 7) is 0. The molecule has 0 saturated heterocycles. The molecule has 0 fully saturated rings. The van der Waals surface area contributed by atoms with Crippen molar-refractivity contribution in [2.45, 2.75) is 12.5 Å². The second-order valence-electron chi connectivity index (χ2n) is 8.12. The standard InChI is InChI=1S/C28H22ClN3O2/c29-24-11-5-3-10-23(24)27(33)32-26(16-20-17-30-25-12-6-4-9-22(20)25)28(34)31-21-14-13-18-7-1-2-8-19(18)15-21/h1-15,17,26,30H,16H2,(H,31,34)(H,32,33)/t26-/m1/s1. The van der Waals surface area contributed by atoms with E-state index in [0.29, 0.717) is 22.7 Å². The van der Waals surface area contributed by atoms with Crippen LogP contribution >= 0.6 is 11.6 Å². The second-order valence-corrected chi connectivity index (χ2v) is 8.53. The van der Waals surface area contributed by atoms with Gasteiger partial charge in [-0.15, -0.1) is 0 Å². The number of aromatic nitrogens is 1. The van der Waals surface area contributed by atoms with E-state index in [1.165, 1.54) is 0 Å². The van der Waals surface area contributed by atoms with Crippen LogP contribution in [0, 0.1) is 0 Å². The molecule has 1 aromatic heterocycles. The molecule has 5 rings (SSSR count). The van der Waals surface area contributed by atoms with E-state index in [2.05, 4.69) is 15.6 Å². The summed E-state index contributed by atoms with van der Waals surface area (Å²) in [6.07, 6.45) is 2.20. The second kappa shape index (κ2) is 9.41. The molecule has 5 nitrogen and oxygen atoms in total. The fraction of sp³-hybridized carbons (Fsp3) is 0.0714. The third-order valence-electron chi connectivity index (χ3n) is 5.86. The lowest BCUT2D eigenvalue weighted by Gasteiger charge is -2.19. The molecule has 0 bridgehead atoms. The number of benzene rings is 4. The van der Waals surface area contributed by atoms with Crippen molar-refractivity contribution in [2.75, 3.05) is 5.32 Å². The minimum absolute atomic E-state index is 0.305. The first-order valence-corrected chi connectivity index (χ1v) is 11.4. The van der Waals surface area contributed by atoms with Gasteiger partial charge in [0.25, 0.3) is 5.91 Å². The zero-order valence-electron chi connectivity index (χ0n) is 18.2. The molecular formula is C28H22ClN3O2. The summed E-state index contributed by atoms with van der Waals surface area (Å²) in [5.41, 5.74) is 2.91. The SMILES string of the molecule is O=C(N[C@H](Cc1c[nH]c2ccccc12)C(=O)Nc1ccc2ccccc2c1)c1ccccc1Cl. The van der Waals surface area contributed by atoms with Crippen molar-refractivity contribution < 1.29 is 9.59 Å². The zero-order chi connectivity index (χ0) is 23.5. The van der Waals surface area contributed by atoms with Gasteiger partial charge in [0.05, 0.1) is 10.6 Å². The number of hydrogen-bond acceptors (Lipinski definition) is 2. The molecule has 0 aliphatic heterocycles. The van der Waals surface area contributed by atoms with Gasteiger partial charge in [-0.05, 0) is 46.7 Å². The molecule has 2 amide bonds. The van der Waals surface area contributed by atoms with Crippen LogP contribution in [0.3, 0.4) is 0 Å². The number of carbonyl (C=O) groups is 2. The molecule has 0 aliphatic carbocycles. The van der Waals surface area contributed by atoms with Gasteiger partial charge < -0.3 is 15.6 Å². The van der Waals surface area contributed by atoms with Crippen LogP contribution in [0.5, 0.6) is 0 Å². The minimum Gasteiger partial charge on any atom is -0.361 e. The number of rotatable bonds is 6. The molecule has 3 N–H and O–H groups in total. The molecule has 0 radical (unpaired) electrons. The number of carbonyl (C=O) groups excluding carboxylic acids is 2. The number of hydrogen-bond donors (Lipinski definition) is 3. The largest absolute Gasteiger partial charge is 0.361 e. The number of nitrogens with one attached hydrogen (secondary N) is 3. The Bertz CT molecular complexity index is 1510. The molecule has 0 unspecified atom stereocenters. The van der Waals surface area contributed by atoms with Crippen LogP contribution < -0.4 is 10.6 Å². The summed E-state index contributed by atoms with van der Waals surface area (Å²) in [5, 5.41) is 9.31. The van der Waals surface area contributed by atoms with Gasteiger partial charge in [0.1, 0.15) is 6.04 Å². The third kappa shape index (κ3) is 4.51. The molecule has 1 atom stereocenters. The van der Waals surface area contributed by atoms with Crippen molar-refractivity contribution in [3.05, 3.63) is 113 Å². The molecule has 0 spiro atoms. The summed E-state index contributed by atoms with van der Waals surface area (Å²) in [6, 6.07) is 27.5. The Kier molecular flexibility index (Phi) is 6.02. The molecule has 5 aromatic rings. The zero-order valence-corrected chi connectivity index (χ0v) is 19.0. The van der Waals surface area contributed by atoms with E-state index in [-0.39, 0.29) is 5.91 Å². The van der Waals surface area contributed by atoms with Gasteiger partial charge in [0.2, 0.25) is 5.91 Å². The Balaban J connectivity index is 1.43.